The SMILES string of the molecule is COc1cccc(N2C(N)=NCC23CCOC3C)c1. The van der Waals surface area contributed by atoms with Crippen LogP contribution in [0.15, 0.2) is 29.3 Å². The van der Waals surface area contributed by atoms with Crippen LogP contribution in [0.25, 0.3) is 0 Å². The lowest BCUT2D eigenvalue weighted by atomic mass is 9.90. The number of nitrogens with zero attached hydrogens (tertiary/aromatic N) is 2. The summed E-state index contributed by atoms with van der Waals surface area (Å²) in [7, 11) is 1.66. The van der Waals surface area contributed by atoms with Crippen molar-refractivity contribution in [2.24, 2.45) is 10.7 Å². The minimum atomic E-state index is -0.142. The predicted molar refractivity (Wildman–Crippen MR) is 74.7 cm³/mol. The van der Waals surface area contributed by atoms with Crippen molar-refractivity contribution in [2.45, 2.75) is 25.0 Å². The van der Waals surface area contributed by atoms with Gasteiger partial charge in [-0.05, 0) is 25.5 Å². The van der Waals surface area contributed by atoms with Gasteiger partial charge in [-0.15, -0.1) is 0 Å². The molecule has 2 aliphatic heterocycles. The van der Waals surface area contributed by atoms with Gasteiger partial charge in [0, 0.05) is 18.4 Å². The Morgan fingerprint density at radius 3 is 3.05 bits per heavy atom. The zero-order valence-corrected chi connectivity index (χ0v) is 11.3. The number of ether oxygens (including phenoxy) is 2. The van der Waals surface area contributed by atoms with E-state index in [0.29, 0.717) is 12.5 Å². The van der Waals surface area contributed by atoms with Gasteiger partial charge in [0.1, 0.15) is 5.75 Å². The van der Waals surface area contributed by atoms with Gasteiger partial charge in [-0.25, -0.2) is 0 Å². The number of methoxy groups -OCH3 is 1. The van der Waals surface area contributed by atoms with Gasteiger partial charge >= 0.3 is 0 Å². The summed E-state index contributed by atoms with van der Waals surface area (Å²) in [6, 6.07) is 7.91. The monoisotopic (exact) mass is 261 g/mol. The van der Waals surface area contributed by atoms with Gasteiger partial charge in [-0.3, -0.25) is 4.99 Å². The Morgan fingerprint density at radius 2 is 2.37 bits per heavy atom. The largest absolute Gasteiger partial charge is 0.497 e. The summed E-state index contributed by atoms with van der Waals surface area (Å²) in [4.78, 5) is 6.54. The molecule has 0 amide bonds. The van der Waals surface area contributed by atoms with Crippen molar-refractivity contribution in [1.82, 2.24) is 0 Å². The van der Waals surface area contributed by atoms with Gasteiger partial charge in [0.2, 0.25) is 0 Å². The number of hydrogen-bond donors (Lipinski definition) is 1. The van der Waals surface area contributed by atoms with Gasteiger partial charge in [0.15, 0.2) is 5.96 Å². The standard InChI is InChI=1S/C14H19N3O2/c1-10-14(6-7-19-10)9-16-13(15)17(14)11-4-3-5-12(8-11)18-2/h3-5,8,10H,6-7,9H2,1-2H3,(H2,15,16). The molecular weight excluding hydrogens is 242 g/mol. The Bertz CT molecular complexity index is 517. The third kappa shape index (κ3) is 1.76. The maximum atomic E-state index is 6.10. The van der Waals surface area contributed by atoms with E-state index in [1.165, 1.54) is 0 Å². The van der Waals surface area contributed by atoms with Crippen molar-refractivity contribution < 1.29 is 9.47 Å². The highest BCUT2D eigenvalue weighted by Crippen LogP contribution is 2.39. The van der Waals surface area contributed by atoms with Crippen LogP contribution in [0, 0.1) is 0 Å². The zero-order chi connectivity index (χ0) is 13.5. The van der Waals surface area contributed by atoms with E-state index in [-0.39, 0.29) is 11.6 Å². The van der Waals surface area contributed by atoms with Crippen molar-refractivity contribution in [3.05, 3.63) is 24.3 Å². The number of nitrogens with two attached hydrogens (primary N) is 1. The molecule has 2 heterocycles. The number of guanidine groups is 1. The third-order valence-corrected chi connectivity index (χ3v) is 4.16. The summed E-state index contributed by atoms with van der Waals surface area (Å²) in [6.07, 6.45) is 1.05. The molecule has 19 heavy (non-hydrogen) atoms. The molecular formula is C14H19N3O2. The second kappa shape index (κ2) is 4.42. The first-order valence-corrected chi connectivity index (χ1v) is 6.53. The van der Waals surface area contributed by atoms with Crippen LogP contribution < -0.4 is 15.4 Å². The second-order valence-corrected chi connectivity index (χ2v) is 5.08. The van der Waals surface area contributed by atoms with Crippen LogP contribution in [-0.2, 0) is 4.74 Å². The Labute approximate surface area is 113 Å². The molecule has 5 nitrogen and oxygen atoms in total. The second-order valence-electron chi connectivity index (χ2n) is 5.08. The molecule has 0 bridgehead atoms. The molecule has 1 aromatic carbocycles. The molecule has 1 saturated heterocycles. The van der Waals surface area contributed by atoms with E-state index in [9.17, 15) is 0 Å². The lowest BCUT2D eigenvalue weighted by Gasteiger charge is -2.38. The van der Waals surface area contributed by atoms with Gasteiger partial charge in [0.05, 0.1) is 25.3 Å². The highest BCUT2D eigenvalue weighted by molar-refractivity contribution is 5.98. The predicted octanol–water partition coefficient (Wildman–Crippen LogP) is 1.38. The van der Waals surface area contributed by atoms with Gasteiger partial charge in [-0.2, -0.15) is 0 Å². The van der Waals surface area contributed by atoms with E-state index in [0.717, 1.165) is 24.5 Å². The smallest absolute Gasteiger partial charge is 0.196 e. The van der Waals surface area contributed by atoms with Crippen LogP contribution in [0.5, 0.6) is 5.75 Å². The van der Waals surface area contributed by atoms with Crippen LogP contribution in [0.2, 0.25) is 0 Å². The van der Waals surface area contributed by atoms with Crippen molar-refractivity contribution in [3.8, 4) is 5.75 Å². The van der Waals surface area contributed by atoms with Crippen molar-refractivity contribution >= 4 is 11.6 Å². The molecule has 1 aromatic rings. The molecule has 102 valence electrons. The van der Waals surface area contributed by atoms with Gasteiger partial charge in [-0.1, -0.05) is 6.07 Å². The number of aliphatic imine (C=N–C) groups is 1. The van der Waals surface area contributed by atoms with E-state index in [2.05, 4.69) is 16.8 Å². The lowest BCUT2D eigenvalue weighted by Crippen LogP contribution is -2.56. The van der Waals surface area contributed by atoms with Crippen molar-refractivity contribution in [2.75, 3.05) is 25.2 Å². The van der Waals surface area contributed by atoms with Crippen LogP contribution in [0.3, 0.4) is 0 Å². The van der Waals surface area contributed by atoms with E-state index < -0.39 is 0 Å². The molecule has 0 aliphatic carbocycles. The van der Waals surface area contributed by atoms with Crippen LogP contribution >= 0.6 is 0 Å². The molecule has 0 saturated carbocycles. The molecule has 5 heteroatoms. The maximum absolute atomic E-state index is 6.10. The average Bonchev–Trinajstić information content (AvgIpc) is 2.95. The number of benzene rings is 1. The highest BCUT2D eigenvalue weighted by atomic mass is 16.5. The molecule has 0 radical (unpaired) electrons. The molecule has 0 aromatic heterocycles. The number of hydrogen-bond acceptors (Lipinski definition) is 5. The quantitative estimate of drug-likeness (QED) is 0.873. The first kappa shape index (κ1) is 12.3. The highest BCUT2D eigenvalue weighted by Gasteiger charge is 2.51. The van der Waals surface area contributed by atoms with E-state index >= 15 is 0 Å². The summed E-state index contributed by atoms with van der Waals surface area (Å²) in [5.74, 6) is 1.38. The summed E-state index contributed by atoms with van der Waals surface area (Å²) in [5, 5.41) is 0. The summed E-state index contributed by atoms with van der Waals surface area (Å²) in [6.45, 7) is 3.54. The summed E-state index contributed by atoms with van der Waals surface area (Å²) >= 11 is 0. The fourth-order valence-electron chi connectivity index (χ4n) is 3.00. The average molecular weight is 261 g/mol. The first-order valence-electron chi connectivity index (χ1n) is 6.53. The van der Waals surface area contributed by atoms with E-state index in [1.54, 1.807) is 7.11 Å². The summed E-state index contributed by atoms with van der Waals surface area (Å²) in [5.41, 5.74) is 6.97. The normalized spacial score (nSPS) is 29.9. The fourth-order valence-corrected chi connectivity index (χ4v) is 3.00. The van der Waals surface area contributed by atoms with Crippen LogP contribution in [0.1, 0.15) is 13.3 Å². The van der Waals surface area contributed by atoms with Crippen molar-refractivity contribution in [3.63, 3.8) is 0 Å². The van der Waals surface area contributed by atoms with E-state index in [1.807, 2.05) is 24.3 Å². The zero-order valence-electron chi connectivity index (χ0n) is 11.3. The third-order valence-electron chi connectivity index (χ3n) is 4.16. The molecule has 3 rings (SSSR count). The molecule has 2 aliphatic rings. The Hall–Kier alpha value is -1.75. The molecule has 1 spiro atoms. The molecule has 2 atom stereocenters. The number of anilines is 1. The maximum Gasteiger partial charge on any atom is 0.196 e. The van der Waals surface area contributed by atoms with Gasteiger partial charge < -0.3 is 20.1 Å². The first-order chi connectivity index (χ1) is 9.17. The van der Waals surface area contributed by atoms with Gasteiger partial charge in [0.25, 0.3) is 0 Å². The fraction of sp³-hybridized carbons (Fsp3) is 0.500. The van der Waals surface area contributed by atoms with Crippen LogP contribution in [0.4, 0.5) is 5.69 Å². The lowest BCUT2D eigenvalue weighted by molar-refractivity contribution is 0.100. The Balaban J connectivity index is 2.02. The van der Waals surface area contributed by atoms with E-state index in [4.69, 9.17) is 15.2 Å². The Kier molecular flexibility index (Phi) is 2.86. The Morgan fingerprint density at radius 1 is 1.53 bits per heavy atom. The molecule has 2 N–H and O–H groups in total. The summed E-state index contributed by atoms with van der Waals surface area (Å²) < 4.78 is 11.0. The minimum Gasteiger partial charge on any atom is -0.497 e. The topological polar surface area (TPSA) is 60.1 Å². The molecule has 2 unspecified atom stereocenters. The number of rotatable bonds is 2. The minimum absolute atomic E-state index is 0.114. The molecule has 1 fully saturated rings. The van der Waals surface area contributed by atoms with Crippen molar-refractivity contribution in [1.29, 1.82) is 0 Å². The van der Waals surface area contributed by atoms with Crippen LogP contribution in [-0.4, -0.2) is 37.9 Å².